The number of nitrogens with zero attached hydrogens (tertiary/aromatic N) is 2. The van der Waals surface area contributed by atoms with Gasteiger partial charge in [-0.05, 0) is 32.6 Å². The molecule has 5 nitrogen and oxygen atoms in total. The summed E-state index contributed by atoms with van der Waals surface area (Å²) in [5.74, 6) is -1.37. The SMILES string of the molecule is CCC1CCCCN1C(=O)N(CC)CC(C)C(=O)O. The first-order valence-electron chi connectivity index (χ1n) is 7.29. The number of carboxylic acid groups (broad SMARTS) is 1. The van der Waals surface area contributed by atoms with Crippen LogP contribution >= 0.6 is 0 Å². The zero-order chi connectivity index (χ0) is 14.4. The smallest absolute Gasteiger partial charge is 0.320 e. The van der Waals surface area contributed by atoms with E-state index in [2.05, 4.69) is 6.92 Å². The van der Waals surface area contributed by atoms with Gasteiger partial charge in [0.1, 0.15) is 0 Å². The van der Waals surface area contributed by atoms with Gasteiger partial charge in [0.05, 0.1) is 5.92 Å². The molecule has 110 valence electrons. The van der Waals surface area contributed by atoms with E-state index in [1.807, 2.05) is 11.8 Å². The number of piperidine rings is 1. The fourth-order valence-electron chi connectivity index (χ4n) is 2.61. The van der Waals surface area contributed by atoms with Crippen LogP contribution in [0.25, 0.3) is 0 Å². The lowest BCUT2D eigenvalue weighted by Gasteiger charge is -2.39. The Labute approximate surface area is 115 Å². The summed E-state index contributed by atoms with van der Waals surface area (Å²) in [7, 11) is 0. The molecule has 19 heavy (non-hydrogen) atoms. The molecule has 5 heteroatoms. The molecule has 0 aromatic rings. The third-order valence-corrected chi connectivity index (χ3v) is 3.91. The quantitative estimate of drug-likeness (QED) is 0.834. The highest BCUT2D eigenvalue weighted by Crippen LogP contribution is 2.21. The Morgan fingerprint density at radius 2 is 2.05 bits per heavy atom. The number of aliphatic carboxylic acids is 1. The van der Waals surface area contributed by atoms with Gasteiger partial charge in [0.15, 0.2) is 0 Å². The Morgan fingerprint density at radius 3 is 2.58 bits per heavy atom. The van der Waals surface area contributed by atoms with Gasteiger partial charge in [-0.2, -0.15) is 0 Å². The summed E-state index contributed by atoms with van der Waals surface area (Å²) < 4.78 is 0. The van der Waals surface area contributed by atoms with E-state index < -0.39 is 11.9 Å². The van der Waals surface area contributed by atoms with Crippen molar-refractivity contribution in [2.75, 3.05) is 19.6 Å². The van der Waals surface area contributed by atoms with Crippen LogP contribution in [0.5, 0.6) is 0 Å². The molecular formula is C14H26N2O3. The third kappa shape index (κ3) is 4.11. The van der Waals surface area contributed by atoms with Gasteiger partial charge in [-0.1, -0.05) is 13.8 Å². The van der Waals surface area contributed by atoms with Crippen molar-refractivity contribution in [2.45, 2.75) is 52.5 Å². The number of likely N-dealkylation sites (tertiary alicyclic amines) is 1. The second-order valence-electron chi connectivity index (χ2n) is 5.31. The summed E-state index contributed by atoms with van der Waals surface area (Å²) in [6, 6.07) is 0.317. The first kappa shape index (κ1) is 15.8. The number of hydrogen-bond acceptors (Lipinski definition) is 2. The number of amides is 2. The van der Waals surface area contributed by atoms with Gasteiger partial charge in [-0.3, -0.25) is 4.79 Å². The van der Waals surface area contributed by atoms with Crippen molar-refractivity contribution in [3.8, 4) is 0 Å². The van der Waals surface area contributed by atoms with Crippen LogP contribution < -0.4 is 0 Å². The normalized spacial score (nSPS) is 21.0. The van der Waals surface area contributed by atoms with Crippen molar-refractivity contribution in [3.63, 3.8) is 0 Å². The largest absolute Gasteiger partial charge is 0.481 e. The molecule has 0 saturated carbocycles. The average molecular weight is 270 g/mol. The molecular weight excluding hydrogens is 244 g/mol. The van der Waals surface area contributed by atoms with Crippen molar-refractivity contribution in [1.82, 2.24) is 9.80 Å². The maximum absolute atomic E-state index is 12.5. The molecule has 1 aliphatic heterocycles. The second kappa shape index (κ2) is 7.36. The predicted molar refractivity (Wildman–Crippen MR) is 74.1 cm³/mol. The summed E-state index contributed by atoms with van der Waals surface area (Å²) in [6.07, 6.45) is 4.26. The van der Waals surface area contributed by atoms with Gasteiger partial charge in [0.2, 0.25) is 0 Å². The zero-order valence-electron chi connectivity index (χ0n) is 12.3. The molecule has 0 aromatic carbocycles. The summed E-state index contributed by atoms with van der Waals surface area (Å²) in [5, 5.41) is 8.97. The molecule has 1 aliphatic rings. The number of urea groups is 1. The molecule has 1 fully saturated rings. The Morgan fingerprint density at radius 1 is 1.37 bits per heavy atom. The molecule has 1 heterocycles. The Bertz CT molecular complexity index is 320. The molecule has 1 saturated heterocycles. The molecule has 0 aliphatic carbocycles. The Balaban J connectivity index is 2.68. The topological polar surface area (TPSA) is 60.9 Å². The molecule has 2 amide bonds. The van der Waals surface area contributed by atoms with E-state index in [4.69, 9.17) is 5.11 Å². The highest BCUT2D eigenvalue weighted by atomic mass is 16.4. The minimum Gasteiger partial charge on any atom is -0.481 e. The summed E-state index contributed by atoms with van der Waals surface area (Å²) >= 11 is 0. The molecule has 1 rings (SSSR count). The van der Waals surface area contributed by atoms with Gasteiger partial charge < -0.3 is 14.9 Å². The first-order chi connectivity index (χ1) is 9.01. The summed E-state index contributed by atoms with van der Waals surface area (Å²) in [5.41, 5.74) is 0. The van der Waals surface area contributed by atoms with Gasteiger partial charge >= 0.3 is 12.0 Å². The lowest BCUT2D eigenvalue weighted by atomic mass is 10.0. The molecule has 0 spiro atoms. The number of carbonyl (C=O) groups is 2. The standard InChI is InChI=1S/C14H26N2O3/c1-4-12-8-6-7-9-16(12)14(19)15(5-2)10-11(3)13(17)18/h11-12H,4-10H2,1-3H3,(H,17,18). The van der Waals surface area contributed by atoms with Crippen molar-refractivity contribution in [2.24, 2.45) is 5.92 Å². The van der Waals surface area contributed by atoms with Gasteiger partial charge in [0.25, 0.3) is 0 Å². The monoisotopic (exact) mass is 270 g/mol. The van der Waals surface area contributed by atoms with Crippen molar-refractivity contribution >= 4 is 12.0 Å². The Kier molecular flexibility index (Phi) is 6.12. The number of carbonyl (C=O) groups excluding carboxylic acids is 1. The average Bonchev–Trinajstić information content (AvgIpc) is 2.43. The third-order valence-electron chi connectivity index (χ3n) is 3.91. The minimum atomic E-state index is -0.850. The van der Waals surface area contributed by atoms with Crippen molar-refractivity contribution in [1.29, 1.82) is 0 Å². The number of carboxylic acids is 1. The van der Waals surface area contributed by atoms with Gasteiger partial charge in [0, 0.05) is 25.7 Å². The summed E-state index contributed by atoms with van der Waals surface area (Å²) in [6.45, 7) is 7.30. The fraction of sp³-hybridized carbons (Fsp3) is 0.857. The van der Waals surface area contributed by atoms with E-state index in [0.29, 0.717) is 12.6 Å². The maximum Gasteiger partial charge on any atom is 0.320 e. The van der Waals surface area contributed by atoms with Crippen LogP contribution in [0.4, 0.5) is 4.79 Å². The zero-order valence-corrected chi connectivity index (χ0v) is 12.3. The molecule has 0 radical (unpaired) electrons. The fourth-order valence-corrected chi connectivity index (χ4v) is 2.61. The molecule has 2 atom stereocenters. The lowest BCUT2D eigenvalue weighted by Crippen LogP contribution is -2.51. The molecule has 2 unspecified atom stereocenters. The highest BCUT2D eigenvalue weighted by molar-refractivity contribution is 5.76. The van der Waals surface area contributed by atoms with Gasteiger partial charge in [-0.25, -0.2) is 4.79 Å². The van der Waals surface area contributed by atoms with Crippen LogP contribution in [-0.4, -0.2) is 52.6 Å². The van der Waals surface area contributed by atoms with Gasteiger partial charge in [-0.15, -0.1) is 0 Å². The van der Waals surface area contributed by atoms with Crippen LogP contribution in [-0.2, 0) is 4.79 Å². The van der Waals surface area contributed by atoms with E-state index in [1.54, 1.807) is 11.8 Å². The summed E-state index contributed by atoms with van der Waals surface area (Å²) in [4.78, 5) is 27.0. The first-order valence-corrected chi connectivity index (χ1v) is 7.29. The maximum atomic E-state index is 12.5. The number of rotatable bonds is 5. The molecule has 0 aromatic heterocycles. The highest BCUT2D eigenvalue weighted by Gasteiger charge is 2.29. The Hall–Kier alpha value is -1.26. The van der Waals surface area contributed by atoms with Crippen LogP contribution in [0, 0.1) is 5.92 Å². The predicted octanol–water partition coefficient (Wildman–Crippen LogP) is 2.41. The van der Waals surface area contributed by atoms with E-state index in [0.717, 1.165) is 25.8 Å². The van der Waals surface area contributed by atoms with E-state index in [1.165, 1.54) is 6.42 Å². The minimum absolute atomic E-state index is 0.00199. The van der Waals surface area contributed by atoms with Crippen LogP contribution in [0.3, 0.4) is 0 Å². The van der Waals surface area contributed by atoms with E-state index in [-0.39, 0.29) is 12.6 Å². The number of hydrogen-bond donors (Lipinski definition) is 1. The van der Waals surface area contributed by atoms with E-state index in [9.17, 15) is 9.59 Å². The molecule has 0 bridgehead atoms. The van der Waals surface area contributed by atoms with E-state index >= 15 is 0 Å². The van der Waals surface area contributed by atoms with Crippen LogP contribution in [0.2, 0.25) is 0 Å². The molecule has 1 N–H and O–H groups in total. The van der Waals surface area contributed by atoms with Crippen LogP contribution in [0.1, 0.15) is 46.5 Å². The lowest BCUT2D eigenvalue weighted by molar-refractivity contribution is -0.141. The van der Waals surface area contributed by atoms with Crippen LogP contribution in [0.15, 0.2) is 0 Å². The second-order valence-corrected chi connectivity index (χ2v) is 5.31. The van der Waals surface area contributed by atoms with Crippen molar-refractivity contribution in [3.05, 3.63) is 0 Å². The van der Waals surface area contributed by atoms with Crippen molar-refractivity contribution < 1.29 is 14.7 Å².